The molecule has 2 aliphatic rings. The zero-order valence-corrected chi connectivity index (χ0v) is 21.3. The van der Waals surface area contributed by atoms with E-state index in [1.807, 2.05) is 72.8 Å². The van der Waals surface area contributed by atoms with Crippen molar-refractivity contribution in [1.82, 2.24) is 9.21 Å². The van der Waals surface area contributed by atoms with Gasteiger partial charge in [0, 0.05) is 19.1 Å². The van der Waals surface area contributed by atoms with Crippen LogP contribution < -0.4 is 0 Å². The van der Waals surface area contributed by atoms with Crippen LogP contribution in [0.5, 0.6) is 0 Å². The van der Waals surface area contributed by atoms with E-state index in [2.05, 4.69) is 0 Å². The SMILES string of the molecule is O=C(OCc1ccccc1)C1COC(=O)N1C1CCN(S(=O)(=O)CCc2cccc3ccccc23)CC1. The fraction of sp³-hybridized carbons (Fsp3) is 0.357. The molecule has 37 heavy (non-hydrogen) atoms. The molecule has 1 unspecified atom stereocenters. The number of nitrogens with zero attached hydrogens (tertiary/aromatic N) is 2. The second-order valence-corrected chi connectivity index (χ2v) is 11.5. The average Bonchev–Trinajstić information content (AvgIpc) is 3.32. The largest absolute Gasteiger partial charge is 0.459 e. The van der Waals surface area contributed by atoms with Gasteiger partial charge in [-0.05, 0) is 41.2 Å². The maximum atomic E-state index is 13.1. The Morgan fingerprint density at radius 1 is 0.946 bits per heavy atom. The summed E-state index contributed by atoms with van der Waals surface area (Å²) < 4.78 is 38.4. The number of sulfonamides is 1. The van der Waals surface area contributed by atoms with Crippen LogP contribution >= 0.6 is 0 Å². The molecule has 2 fully saturated rings. The highest BCUT2D eigenvalue weighted by molar-refractivity contribution is 7.89. The molecular formula is C28H30N2O6S. The number of amides is 1. The van der Waals surface area contributed by atoms with Crippen molar-refractivity contribution in [2.24, 2.45) is 0 Å². The molecule has 0 aromatic heterocycles. The monoisotopic (exact) mass is 522 g/mol. The van der Waals surface area contributed by atoms with Crippen LogP contribution in [0.25, 0.3) is 10.8 Å². The first-order chi connectivity index (χ1) is 17.9. The summed E-state index contributed by atoms with van der Waals surface area (Å²) in [5.41, 5.74) is 1.86. The highest BCUT2D eigenvalue weighted by Gasteiger charge is 2.44. The summed E-state index contributed by atoms with van der Waals surface area (Å²) >= 11 is 0. The second kappa shape index (κ2) is 10.9. The molecule has 0 aliphatic carbocycles. The minimum absolute atomic E-state index is 0.0197. The van der Waals surface area contributed by atoms with Crippen LogP contribution in [0.1, 0.15) is 24.0 Å². The van der Waals surface area contributed by atoms with Crippen LogP contribution in [0.15, 0.2) is 72.8 Å². The number of carbonyl (C=O) groups is 2. The summed E-state index contributed by atoms with van der Waals surface area (Å²) in [4.78, 5) is 26.7. The third-order valence-corrected chi connectivity index (χ3v) is 9.00. The van der Waals surface area contributed by atoms with Gasteiger partial charge in [-0.1, -0.05) is 72.8 Å². The number of benzene rings is 3. The molecule has 0 saturated carbocycles. The number of piperidine rings is 1. The molecule has 9 heteroatoms. The lowest BCUT2D eigenvalue weighted by atomic mass is 10.0. The van der Waals surface area contributed by atoms with Gasteiger partial charge < -0.3 is 9.47 Å². The van der Waals surface area contributed by atoms with Gasteiger partial charge in [0.15, 0.2) is 6.04 Å². The molecule has 1 amide bonds. The zero-order chi connectivity index (χ0) is 25.8. The molecule has 0 radical (unpaired) electrons. The molecule has 0 N–H and O–H groups in total. The Kier molecular flexibility index (Phi) is 7.43. The lowest BCUT2D eigenvalue weighted by Crippen LogP contribution is -2.52. The van der Waals surface area contributed by atoms with Gasteiger partial charge in [0.05, 0.1) is 5.75 Å². The van der Waals surface area contributed by atoms with Gasteiger partial charge in [-0.2, -0.15) is 0 Å². The first-order valence-corrected chi connectivity index (χ1v) is 14.1. The summed E-state index contributed by atoms with van der Waals surface area (Å²) in [6.45, 7) is 0.637. The molecular weight excluding hydrogens is 492 g/mol. The molecule has 0 spiro atoms. The fourth-order valence-electron chi connectivity index (χ4n) is 5.12. The third-order valence-electron chi connectivity index (χ3n) is 7.13. The van der Waals surface area contributed by atoms with Crippen molar-refractivity contribution in [3.63, 3.8) is 0 Å². The number of fused-ring (bicyclic) bond motifs is 1. The Morgan fingerprint density at radius 3 is 2.43 bits per heavy atom. The molecule has 3 aromatic carbocycles. The third kappa shape index (κ3) is 5.62. The van der Waals surface area contributed by atoms with E-state index in [1.165, 1.54) is 9.21 Å². The van der Waals surface area contributed by atoms with Crippen LogP contribution in [-0.2, 0) is 37.3 Å². The van der Waals surface area contributed by atoms with Crippen LogP contribution in [0.4, 0.5) is 4.79 Å². The van der Waals surface area contributed by atoms with E-state index in [4.69, 9.17) is 9.47 Å². The van der Waals surface area contributed by atoms with Crippen molar-refractivity contribution in [2.45, 2.75) is 38.0 Å². The van der Waals surface area contributed by atoms with Crippen molar-refractivity contribution >= 4 is 32.9 Å². The van der Waals surface area contributed by atoms with E-state index in [-0.39, 0.29) is 38.1 Å². The predicted molar refractivity (Wildman–Crippen MR) is 139 cm³/mol. The molecule has 1 atom stereocenters. The van der Waals surface area contributed by atoms with Gasteiger partial charge in [-0.3, -0.25) is 4.90 Å². The Hall–Kier alpha value is -3.43. The van der Waals surface area contributed by atoms with Crippen molar-refractivity contribution in [3.8, 4) is 0 Å². The Bertz CT molecular complexity index is 1360. The van der Waals surface area contributed by atoms with Crippen LogP contribution in [0, 0.1) is 0 Å². The molecule has 2 aliphatic heterocycles. The van der Waals surface area contributed by atoms with Crippen molar-refractivity contribution in [3.05, 3.63) is 83.9 Å². The molecule has 3 aromatic rings. The quantitative estimate of drug-likeness (QED) is 0.419. The minimum atomic E-state index is -3.47. The Labute approximate surface area is 216 Å². The van der Waals surface area contributed by atoms with Gasteiger partial charge >= 0.3 is 12.1 Å². The topological polar surface area (TPSA) is 93.2 Å². The lowest BCUT2D eigenvalue weighted by Gasteiger charge is -2.36. The van der Waals surface area contributed by atoms with E-state index < -0.39 is 28.1 Å². The van der Waals surface area contributed by atoms with Crippen molar-refractivity contribution in [2.75, 3.05) is 25.4 Å². The predicted octanol–water partition coefficient (Wildman–Crippen LogP) is 3.74. The van der Waals surface area contributed by atoms with Gasteiger partial charge in [-0.15, -0.1) is 0 Å². The molecule has 5 rings (SSSR count). The number of ether oxygens (including phenoxy) is 2. The summed E-state index contributed by atoms with van der Waals surface area (Å²) in [5, 5.41) is 2.16. The second-order valence-electron chi connectivity index (χ2n) is 9.43. The van der Waals surface area contributed by atoms with Crippen LogP contribution in [0.3, 0.4) is 0 Å². The highest BCUT2D eigenvalue weighted by Crippen LogP contribution is 2.27. The molecule has 2 saturated heterocycles. The summed E-state index contributed by atoms with van der Waals surface area (Å²) in [6.07, 6.45) is 0.743. The van der Waals surface area contributed by atoms with Crippen LogP contribution in [-0.4, -0.2) is 67.2 Å². The standard InChI is InChI=1S/C28H30N2O6S/c31-27(35-19-21-7-2-1-3-8-21)26-20-36-28(32)30(26)24-13-16-29(17-14-24)37(33,34)18-15-23-11-6-10-22-9-4-5-12-25(22)23/h1-12,24,26H,13-20H2. The minimum Gasteiger partial charge on any atom is -0.459 e. The summed E-state index contributed by atoms with van der Waals surface area (Å²) in [6, 6.07) is 22.1. The number of hydrogen-bond acceptors (Lipinski definition) is 6. The molecule has 2 heterocycles. The fourth-order valence-corrected chi connectivity index (χ4v) is 6.62. The normalized spacial score (nSPS) is 19.2. The number of hydrogen-bond donors (Lipinski definition) is 0. The molecule has 8 nitrogen and oxygen atoms in total. The van der Waals surface area contributed by atoms with E-state index in [9.17, 15) is 18.0 Å². The maximum absolute atomic E-state index is 13.1. The average molecular weight is 523 g/mol. The van der Waals surface area contributed by atoms with Crippen LogP contribution in [0.2, 0.25) is 0 Å². The highest BCUT2D eigenvalue weighted by atomic mass is 32.2. The van der Waals surface area contributed by atoms with Crippen molar-refractivity contribution < 1.29 is 27.5 Å². The summed E-state index contributed by atoms with van der Waals surface area (Å²) in [5.74, 6) is -0.494. The number of carbonyl (C=O) groups excluding carboxylic acids is 2. The van der Waals surface area contributed by atoms with Gasteiger partial charge in [-0.25, -0.2) is 22.3 Å². The Balaban J connectivity index is 1.17. The number of esters is 1. The van der Waals surface area contributed by atoms with Gasteiger partial charge in [0.2, 0.25) is 10.0 Å². The molecule has 0 bridgehead atoms. The van der Waals surface area contributed by atoms with E-state index in [0.717, 1.165) is 21.9 Å². The maximum Gasteiger partial charge on any atom is 0.410 e. The number of cyclic esters (lactones) is 1. The van der Waals surface area contributed by atoms with Gasteiger partial charge in [0.25, 0.3) is 0 Å². The molecule has 194 valence electrons. The first-order valence-electron chi connectivity index (χ1n) is 12.5. The lowest BCUT2D eigenvalue weighted by molar-refractivity contribution is -0.150. The van der Waals surface area contributed by atoms with Gasteiger partial charge in [0.1, 0.15) is 13.2 Å². The van der Waals surface area contributed by atoms with E-state index in [1.54, 1.807) is 0 Å². The zero-order valence-electron chi connectivity index (χ0n) is 20.5. The first kappa shape index (κ1) is 25.2. The smallest absolute Gasteiger partial charge is 0.410 e. The summed E-state index contributed by atoms with van der Waals surface area (Å²) in [7, 11) is -3.47. The van der Waals surface area contributed by atoms with Crippen molar-refractivity contribution in [1.29, 1.82) is 0 Å². The number of rotatable bonds is 8. The Morgan fingerprint density at radius 2 is 1.65 bits per heavy atom. The number of aryl methyl sites for hydroxylation is 1. The van der Waals surface area contributed by atoms with E-state index >= 15 is 0 Å². The van der Waals surface area contributed by atoms with E-state index in [0.29, 0.717) is 19.3 Å².